The lowest BCUT2D eigenvalue weighted by molar-refractivity contribution is -0.116. The molecule has 7 nitrogen and oxygen atoms in total. The van der Waals surface area contributed by atoms with Gasteiger partial charge in [0.1, 0.15) is 6.10 Å². The SMILES string of the molecule is CCCC(=O)Nc1cccc(CNC(=NC)NCC(C)Oc2ccccc2OC)c1.I. The minimum absolute atomic E-state index is 0. The van der Waals surface area contributed by atoms with E-state index in [4.69, 9.17) is 9.47 Å². The van der Waals surface area contributed by atoms with Gasteiger partial charge in [0.05, 0.1) is 13.7 Å². The molecular weight excluding hydrogens is 507 g/mol. The molecule has 0 aliphatic carbocycles. The number of amides is 1. The summed E-state index contributed by atoms with van der Waals surface area (Å²) in [6, 6.07) is 15.4. The highest BCUT2D eigenvalue weighted by Gasteiger charge is 2.09. The molecule has 2 aromatic carbocycles. The molecule has 31 heavy (non-hydrogen) atoms. The Bertz CT molecular complexity index is 845. The van der Waals surface area contributed by atoms with E-state index in [-0.39, 0.29) is 36.0 Å². The van der Waals surface area contributed by atoms with Crippen molar-refractivity contribution in [3.8, 4) is 11.5 Å². The van der Waals surface area contributed by atoms with Crippen LogP contribution in [0.4, 0.5) is 5.69 Å². The molecule has 0 saturated heterocycles. The van der Waals surface area contributed by atoms with Crippen molar-refractivity contribution in [1.29, 1.82) is 0 Å². The molecule has 170 valence electrons. The van der Waals surface area contributed by atoms with Gasteiger partial charge in [-0.05, 0) is 43.2 Å². The number of hydrogen-bond acceptors (Lipinski definition) is 4. The fourth-order valence-electron chi connectivity index (χ4n) is 2.83. The van der Waals surface area contributed by atoms with Crippen molar-refractivity contribution in [2.75, 3.05) is 26.0 Å². The van der Waals surface area contributed by atoms with Gasteiger partial charge in [0.2, 0.25) is 5.91 Å². The molecule has 2 aromatic rings. The van der Waals surface area contributed by atoms with Gasteiger partial charge in [-0.15, -0.1) is 24.0 Å². The molecule has 0 radical (unpaired) electrons. The average molecular weight is 540 g/mol. The van der Waals surface area contributed by atoms with Crippen molar-refractivity contribution in [3.05, 3.63) is 54.1 Å². The Morgan fingerprint density at radius 3 is 2.52 bits per heavy atom. The van der Waals surface area contributed by atoms with Gasteiger partial charge in [-0.1, -0.05) is 31.2 Å². The first-order valence-electron chi connectivity index (χ1n) is 10.2. The Balaban J connectivity index is 0.00000480. The lowest BCUT2D eigenvalue weighted by atomic mass is 10.2. The third-order valence-electron chi connectivity index (χ3n) is 4.33. The van der Waals surface area contributed by atoms with Crippen molar-refractivity contribution in [2.24, 2.45) is 4.99 Å². The van der Waals surface area contributed by atoms with Gasteiger partial charge < -0.3 is 25.4 Å². The molecule has 0 bridgehead atoms. The second-order valence-electron chi connectivity index (χ2n) is 6.88. The number of carbonyl (C=O) groups excluding carboxylic acids is 1. The third kappa shape index (κ3) is 9.46. The number of anilines is 1. The predicted molar refractivity (Wildman–Crippen MR) is 137 cm³/mol. The molecular formula is C23H33IN4O3. The number of hydrogen-bond donors (Lipinski definition) is 3. The van der Waals surface area contributed by atoms with E-state index in [1.807, 2.05) is 62.4 Å². The van der Waals surface area contributed by atoms with Crippen molar-refractivity contribution >= 4 is 41.5 Å². The molecule has 0 saturated carbocycles. The van der Waals surface area contributed by atoms with Crippen molar-refractivity contribution in [3.63, 3.8) is 0 Å². The number of guanidine groups is 1. The van der Waals surface area contributed by atoms with Gasteiger partial charge in [0.15, 0.2) is 17.5 Å². The van der Waals surface area contributed by atoms with E-state index in [0.717, 1.165) is 17.7 Å². The van der Waals surface area contributed by atoms with Crippen LogP contribution in [-0.2, 0) is 11.3 Å². The fraction of sp³-hybridized carbons (Fsp3) is 0.391. The van der Waals surface area contributed by atoms with Crippen LogP contribution >= 0.6 is 24.0 Å². The van der Waals surface area contributed by atoms with E-state index < -0.39 is 0 Å². The van der Waals surface area contributed by atoms with Crippen LogP contribution in [0.5, 0.6) is 11.5 Å². The summed E-state index contributed by atoms with van der Waals surface area (Å²) in [6.07, 6.45) is 1.26. The minimum Gasteiger partial charge on any atom is -0.493 e. The Morgan fingerprint density at radius 2 is 1.84 bits per heavy atom. The smallest absolute Gasteiger partial charge is 0.224 e. The topological polar surface area (TPSA) is 84.0 Å². The molecule has 1 amide bonds. The molecule has 0 spiro atoms. The molecule has 8 heteroatoms. The van der Waals surface area contributed by atoms with Crippen molar-refractivity contribution in [2.45, 2.75) is 39.3 Å². The van der Waals surface area contributed by atoms with Crippen LogP contribution in [0.25, 0.3) is 0 Å². The van der Waals surface area contributed by atoms with Gasteiger partial charge in [0.25, 0.3) is 0 Å². The number of methoxy groups -OCH3 is 1. The summed E-state index contributed by atoms with van der Waals surface area (Å²) < 4.78 is 11.3. The van der Waals surface area contributed by atoms with Gasteiger partial charge in [-0.2, -0.15) is 0 Å². The van der Waals surface area contributed by atoms with Gasteiger partial charge in [-0.3, -0.25) is 9.79 Å². The molecule has 1 unspecified atom stereocenters. The number of rotatable bonds is 10. The van der Waals surface area contributed by atoms with Crippen LogP contribution in [-0.4, -0.2) is 38.7 Å². The van der Waals surface area contributed by atoms with Crippen LogP contribution in [0.1, 0.15) is 32.3 Å². The quantitative estimate of drug-likeness (QED) is 0.239. The number of ether oxygens (including phenoxy) is 2. The second-order valence-corrected chi connectivity index (χ2v) is 6.88. The number of benzene rings is 2. The normalized spacial score (nSPS) is 11.7. The van der Waals surface area contributed by atoms with Crippen LogP contribution in [0.15, 0.2) is 53.5 Å². The minimum atomic E-state index is -0.0862. The Morgan fingerprint density at radius 1 is 1.10 bits per heavy atom. The summed E-state index contributed by atoms with van der Waals surface area (Å²) in [5, 5.41) is 9.46. The van der Waals surface area contributed by atoms with Crippen LogP contribution in [0.2, 0.25) is 0 Å². The first-order valence-corrected chi connectivity index (χ1v) is 10.2. The van der Waals surface area contributed by atoms with E-state index in [1.165, 1.54) is 0 Å². The highest BCUT2D eigenvalue weighted by Crippen LogP contribution is 2.26. The highest BCUT2D eigenvalue weighted by molar-refractivity contribution is 14.0. The van der Waals surface area contributed by atoms with Gasteiger partial charge >= 0.3 is 0 Å². The summed E-state index contributed by atoms with van der Waals surface area (Å²) in [7, 11) is 3.35. The molecule has 0 aliphatic heterocycles. The lowest BCUT2D eigenvalue weighted by Gasteiger charge is -2.19. The third-order valence-corrected chi connectivity index (χ3v) is 4.33. The molecule has 3 N–H and O–H groups in total. The molecule has 2 rings (SSSR count). The van der Waals surface area contributed by atoms with Gasteiger partial charge in [0, 0.05) is 25.7 Å². The maximum absolute atomic E-state index is 11.8. The van der Waals surface area contributed by atoms with E-state index in [0.29, 0.717) is 37.0 Å². The Kier molecular flexibility index (Phi) is 12.4. The molecule has 0 fully saturated rings. The largest absolute Gasteiger partial charge is 0.493 e. The molecule has 1 atom stereocenters. The zero-order valence-electron chi connectivity index (χ0n) is 18.6. The average Bonchev–Trinajstić information content (AvgIpc) is 2.74. The van der Waals surface area contributed by atoms with Crippen molar-refractivity contribution < 1.29 is 14.3 Å². The number of para-hydroxylation sites is 2. The Labute approximate surface area is 202 Å². The molecule has 0 heterocycles. The number of halogens is 1. The van der Waals surface area contributed by atoms with Crippen LogP contribution < -0.4 is 25.4 Å². The first-order chi connectivity index (χ1) is 14.5. The van der Waals surface area contributed by atoms with E-state index in [9.17, 15) is 4.79 Å². The highest BCUT2D eigenvalue weighted by atomic mass is 127. The van der Waals surface area contributed by atoms with E-state index >= 15 is 0 Å². The summed E-state index contributed by atoms with van der Waals surface area (Å²) in [5.41, 5.74) is 1.85. The monoisotopic (exact) mass is 540 g/mol. The summed E-state index contributed by atoms with van der Waals surface area (Å²) >= 11 is 0. The van der Waals surface area contributed by atoms with E-state index in [2.05, 4.69) is 20.9 Å². The zero-order valence-corrected chi connectivity index (χ0v) is 20.9. The van der Waals surface area contributed by atoms with Crippen LogP contribution in [0, 0.1) is 0 Å². The number of nitrogens with one attached hydrogen (secondary N) is 3. The molecule has 0 aromatic heterocycles. The lowest BCUT2D eigenvalue weighted by Crippen LogP contribution is -2.41. The first kappa shape index (κ1) is 26.5. The van der Waals surface area contributed by atoms with E-state index in [1.54, 1.807) is 14.2 Å². The maximum atomic E-state index is 11.8. The number of aliphatic imine (C=N–C) groups is 1. The summed E-state index contributed by atoms with van der Waals surface area (Å²) in [6.45, 7) is 5.12. The Hall–Kier alpha value is -2.49. The van der Waals surface area contributed by atoms with Gasteiger partial charge in [-0.25, -0.2) is 0 Å². The number of carbonyl (C=O) groups is 1. The fourth-order valence-corrected chi connectivity index (χ4v) is 2.83. The summed E-state index contributed by atoms with van der Waals surface area (Å²) in [4.78, 5) is 16.0. The maximum Gasteiger partial charge on any atom is 0.224 e. The van der Waals surface area contributed by atoms with Crippen LogP contribution in [0.3, 0.4) is 0 Å². The predicted octanol–water partition coefficient (Wildman–Crippen LogP) is 4.18. The number of nitrogens with zero attached hydrogens (tertiary/aromatic N) is 1. The second kappa shape index (κ2) is 14.5. The summed E-state index contributed by atoms with van der Waals surface area (Å²) in [5.74, 6) is 2.12. The van der Waals surface area contributed by atoms with Crippen molar-refractivity contribution in [1.82, 2.24) is 10.6 Å². The molecule has 0 aliphatic rings. The zero-order chi connectivity index (χ0) is 21.8. The standard InChI is InChI=1S/C23H32N4O3.HI/c1-5-9-22(28)27-19-11-8-10-18(14-19)16-26-23(24-3)25-15-17(2)30-21-13-7-6-12-20(21)29-4;/h6-8,10-14,17H,5,9,15-16H2,1-4H3,(H,27,28)(H2,24,25,26);1H.